The molecule has 138 valence electrons. The van der Waals surface area contributed by atoms with E-state index in [1.165, 1.54) is 64.4 Å². The minimum absolute atomic E-state index is 0.0312. The monoisotopic (exact) mass is 394 g/mol. The van der Waals surface area contributed by atoms with Crippen molar-refractivity contribution < 1.29 is 0 Å². The molecule has 0 bridgehead atoms. The number of hydrogen-bond donors (Lipinski definition) is 0. The summed E-state index contributed by atoms with van der Waals surface area (Å²) in [6.07, 6.45) is 4.26. The zero-order chi connectivity index (χ0) is 18.4. The Morgan fingerprint density at radius 1 is 0.625 bits per heavy atom. The highest BCUT2D eigenvalue weighted by Crippen LogP contribution is 2.20. The summed E-state index contributed by atoms with van der Waals surface area (Å²) >= 11 is 0. The smallest absolute Gasteiger partial charge is 0.0456 e. The third-order valence-electron chi connectivity index (χ3n) is 4.38. The summed E-state index contributed by atoms with van der Waals surface area (Å²) in [7, 11) is 1.40. The lowest BCUT2D eigenvalue weighted by atomic mass is 10.1. The summed E-state index contributed by atoms with van der Waals surface area (Å²) in [5, 5.41) is 1.88. The van der Waals surface area contributed by atoms with E-state index in [-0.39, 0.29) is 28.6 Å². The van der Waals surface area contributed by atoms with Gasteiger partial charge in [-0.2, -0.15) is 0 Å². The average Bonchev–Trinajstić information content (AvgIpc) is 2.49. The van der Waals surface area contributed by atoms with Crippen LogP contribution in [0, 0.1) is 0 Å². The van der Waals surface area contributed by atoms with Crippen LogP contribution in [-0.2, 0) is 0 Å². The molecule has 0 atom stereocenters. The van der Waals surface area contributed by atoms with Gasteiger partial charge in [0, 0.05) is 38.8 Å². The predicted octanol–water partition coefficient (Wildman–Crippen LogP) is 3.31. The molecule has 0 aromatic rings. The van der Waals surface area contributed by atoms with Crippen LogP contribution in [0.3, 0.4) is 0 Å². The minimum Gasteiger partial charge on any atom is -0.103 e. The first kappa shape index (κ1) is 23.8. The van der Waals surface area contributed by atoms with Crippen molar-refractivity contribution in [3.63, 3.8) is 0 Å². The van der Waals surface area contributed by atoms with Gasteiger partial charge in [-0.25, -0.2) is 0 Å². The molecule has 0 saturated heterocycles. The molecule has 0 rings (SSSR count). The molecule has 0 saturated carbocycles. The molecule has 0 aliphatic rings. The molecule has 0 spiro atoms. The molecule has 0 amide bonds. The van der Waals surface area contributed by atoms with E-state index < -0.39 is 0 Å². The second-order valence-electron chi connectivity index (χ2n) is 7.90. The van der Waals surface area contributed by atoms with Crippen molar-refractivity contribution in [3.8, 4) is 0 Å². The Morgan fingerprint density at radius 3 is 1.29 bits per heavy atom. The number of allylic oxidation sites excluding steroid dienone is 5. The van der Waals surface area contributed by atoms with Gasteiger partial charge in [0.2, 0.25) is 0 Å². The van der Waals surface area contributed by atoms with Crippen LogP contribution in [0.1, 0.15) is 60.8 Å². The van der Waals surface area contributed by atoms with E-state index in [0.717, 1.165) is 0 Å². The Labute approximate surface area is 162 Å². The van der Waals surface area contributed by atoms with Crippen LogP contribution in [0.4, 0.5) is 0 Å². The quantitative estimate of drug-likeness (QED) is 0.352. The van der Waals surface area contributed by atoms with E-state index in [2.05, 4.69) is 58.6 Å². The van der Waals surface area contributed by atoms with Crippen LogP contribution in [0.5, 0.6) is 0 Å². The summed E-state index contributed by atoms with van der Waals surface area (Å²) in [5.41, 5.74) is 14.1. The van der Waals surface area contributed by atoms with E-state index in [4.69, 9.17) is 0 Å². The molecular weight excluding hydrogens is 353 g/mol. The van der Waals surface area contributed by atoms with Gasteiger partial charge in [0.05, 0.1) is 0 Å². The lowest BCUT2D eigenvalue weighted by molar-refractivity contribution is 0.936. The lowest BCUT2D eigenvalue weighted by Crippen LogP contribution is -1.99. The third kappa shape index (κ3) is 15.4. The van der Waals surface area contributed by atoms with E-state index in [1.54, 1.807) is 0 Å². The summed E-state index contributed by atoms with van der Waals surface area (Å²) < 4.78 is 0. The van der Waals surface area contributed by atoms with Crippen molar-refractivity contribution >= 4 is 38.8 Å². The van der Waals surface area contributed by atoms with Gasteiger partial charge in [0.25, 0.3) is 0 Å². The molecule has 0 N–H and O–H groups in total. The molecule has 0 nitrogen and oxygen atoms in total. The Balaban J connectivity index is 4.55. The second-order valence-corrected chi connectivity index (χ2v) is 14.2. The van der Waals surface area contributed by atoms with Crippen LogP contribution in [-0.4, -0.2) is 38.8 Å². The minimum atomic E-state index is 0.0312. The van der Waals surface area contributed by atoms with Gasteiger partial charge >= 0.3 is 0 Å². The number of rotatable bonds is 12. The molecule has 0 aliphatic carbocycles. The van der Waals surface area contributed by atoms with Crippen molar-refractivity contribution in [1.82, 2.24) is 0 Å². The lowest BCUT2D eigenvalue weighted by Gasteiger charge is -2.12. The highest BCUT2D eigenvalue weighted by molar-refractivity contribution is 6.43. The fourth-order valence-corrected chi connectivity index (χ4v) is 8.80. The molecule has 24 heavy (non-hydrogen) atoms. The van der Waals surface area contributed by atoms with Crippen LogP contribution < -0.4 is 0 Å². The molecular formula is C20H42Si4. The zero-order valence-electron chi connectivity index (χ0n) is 17.6. The highest BCUT2D eigenvalue weighted by atomic mass is 28.2. The Bertz CT molecular complexity index is 432. The summed E-state index contributed by atoms with van der Waals surface area (Å²) in [5.74, 6) is 0. The highest BCUT2D eigenvalue weighted by Gasteiger charge is 2.03. The molecule has 0 aromatic carbocycles. The largest absolute Gasteiger partial charge is 0.103 e. The fourth-order valence-electron chi connectivity index (χ4n) is 2.90. The van der Waals surface area contributed by atoms with Gasteiger partial charge in [-0.05, 0) is 60.8 Å². The van der Waals surface area contributed by atoms with Gasteiger partial charge in [-0.1, -0.05) is 45.6 Å². The van der Waals surface area contributed by atoms with Crippen molar-refractivity contribution in [2.45, 2.75) is 78.9 Å². The Morgan fingerprint density at radius 2 is 0.958 bits per heavy atom. The molecule has 0 fully saturated rings. The van der Waals surface area contributed by atoms with E-state index in [1.807, 2.05) is 10.8 Å². The molecule has 0 aliphatic heterocycles. The Kier molecular flexibility index (Phi) is 15.0. The van der Waals surface area contributed by atoms with Crippen molar-refractivity contribution in [1.29, 1.82) is 0 Å². The topological polar surface area (TPSA) is 0 Å². The third-order valence-corrected chi connectivity index (χ3v) is 11.2. The molecule has 0 radical (unpaired) electrons. The van der Waals surface area contributed by atoms with E-state index in [9.17, 15) is 0 Å². The molecule has 0 aromatic heterocycles. The zero-order valence-corrected chi connectivity index (χ0v) is 23.8. The van der Waals surface area contributed by atoms with E-state index in [0.29, 0.717) is 0 Å². The first-order valence-corrected chi connectivity index (χ1v) is 16.4. The summed E-state index contributed by atoms with van der Waals surface area (Å²) in [4.78, 5) is 0. The predicted molar refractivity (Wildman–Crippen MR) is 129 cm³/mol. The Hall–Kier alpha value is -0.172. The van der Waals surface area contributed by atoms with Gasteiger partial charge in [0.1, 0.15) is 0 Å². The first-order valence-electron chi connectivity index (χ1n) is 9.90. The summed E-state index contributed by atoms with van der Waals surface area (Å²) in [6, 6.07) is 4.47. The van der Waals surface area contributed by atoms with Gasteiger partial charge in [-0.15, -0.1) is 17.1 Å². The maximum Gasteiger partial charge on any atom is 0.0456 e. The van der Waals surface area contributed by atoms with Crippen LogP contribution >= 0.6 is 0 Å². The van der Waals surface area contributed by atoms with Crippen molar-refractivity contribution in [2.75, 3.05) is 0 Å². The molecule has 0 unspecified atom stereocenters. The standard InChI is InChI=1S/C20H42Si4/c1-16(2)13-22-10-7-19(8-11-23-14-17(3)4)20(21)9-12-24-15-18(5)6/h13-15H,7-12,22-24H2,1-6,21H3. The summed E-state index contributed by atoms with van der Waals surface area (Å²) in [6.45, 7) is 13.5. The SMILES string of the molecule is CC(C)=C[SiH2]CCC([SiH3])=C(CC[SiH2]C=C(C)C)CC[SiH2]C=C(C)C. The molecule has 4 heteroatoms. The average molecular weight is 395 g/mol. The van der Waals surface area contributed by atoms with Crippen LogP contribution in [0.25, 0.3) is 0 Å². The van der Waals surface area contributed by atoms with Crippen LogP contribution in [0.15, 0.2) is 44.6 Å². The van der Waals surface area contributed by atoms with Gasteiger partial charge in [0.15, 0.2) is 0 Å². The van der Waals surface area contributed by atoms with Crippen LogP contribution in [0.2, 0.25) is 18.1 Å². The fraction of sp³-hybridized carbons (Fsp3) is 0.600. The van der Waals surface area contributed by atoms with Gasteiger partial charge < -0.3 is 0 Å². The molecule has 0 heterocycles. The maximum absolute atomic E-state index is 2.55. The second kappa shape index (κ2) is 15.1. The first-order chi connectivity index (χ1) is 11.3. The van der Waals surface area contributed by atoms with Gasteiger partial charge in [-0.3, -0.25) is 0 Å². The van der Waals surface area contributed by atoms with Crippen molar-refractivity contribution in [3.05, 3.63) is 44.6 Å². The van der Waals surface area contributed by atoms with Crippen molar-refractivity contribution in [2.24, 2.45) is 0 Å². The number of hydrogen-bond acceptors (Lipinski definition) is 0. The van der Waals surface area contributed by atoms with E-state index >= 15 is 0 Å². The maximum atomic E-state index is 2.55. The normalized spacial score (nSPS) is 11.8.